The number of nitrogens with two attached hydrogens (primary N) is 1. The fraction of sp³-hybridized carbons (Fsp3) is 1.00. The Morgan fingerprint density at radius 1 is 0.923 bits per heavy atom. The summed E-state index contributed by atoms with van der Waals surface area (Å²) in [5, 5.41) is 8.74. The number of hydrogen-bond acceptors (Lipinski definition) is 5. The van der Waals surface area contributed by atoms with Crippen LogP contribution in [0.5, 0.6) is 0 Å². The molecule has 0 radical (unpaired) electrons. The third-order valence-corrected chi connectivity index (χ3v) is 12.0. The first-order valence-corrected chi connectivity index (χ1v) is 18.2. The molecule has 0 aromatic rings. The first-order valence-electron chi connectivity index (χ1n) is 17.2. The van der Waals surface area contributed by atoms with Crippen LogP contribution in [0, 0.1) is 35.0 Å². The van der Waals surface area contributed by atoms with Gasteiger partial charge < -0.3 is 16.4 Å². The molecule has 0 spiro atoms. The molecule has 5 heteroatoms. The quantitative estimate of drug-likeness (QED) is 0.0535. The number of unbranched alkanes of at least 4 members (excludes halogenated alkanes) is 4. The Morgan fingerprint density at radius 2 is 1.67 bits per heavy atom. The fourth-order valence-electron chi connectivity index (χ4n) is 7.57. The summed E-state index contributed by atoms with van der Waals surface area (Å²) < 4.78 is 0. The first kappa shape index (κ1) is 35.8. The molecule has 2 saturated carbocycles. The molecule has 0 amide bonds. The summed E-state index contributed by atoms with van der Waals surface area (Å²) in [5.41, 5.74) is 6.72. The van der Waals surface area contributed by atoms with E-state index in [2.05, 4.69) is 45.3 Å². The highest BCUT2D eigenvalue weighted by atomic mass is 32.1. The van der Waals surface area contributed by atoms with Gasteiger partial charge in [-0.05, 0) is 119 Å². The highest BCUT2D eigenvalue weighted by Crippen LogP contribution is 2.52. The van der Waals surface area contributed by atoms with Crippen LogP contribution in [0.3, 0.4) is 0 Å². The van der Waals surface area contributed by atoms with E-state index < -0.39 is 0 Å². The highest BCUT2D eigenvalue weighted by molar-refractivity contribution is 7.81. The van der Waals surface area contributed by atoms with Crippen LogP contribution >= 0.6 is 25.3 Å². The second kappa shape index (κ2) is 19.7. The van der Waals surface area contributed by atoms with Crippen LogP contribution in [-0.2, 0) is 0 Å². The summed E-state index contributed by atoms with van der Waals surface area (Å²) >= 11 is 9.98. The molecule has 0 aliphatic heterocycles. The molecule has 0 saturated heterocycles. The largest absolute Gasteiger partial charge is 0.328 e. The van der Waals surface area contributed by atoms with E-state index in [4.69, 9.17) is 31.0 Å². The van der Waals surface area contributed by atoms with Crippen LogP contribution in [0.1, 0.15) is 137 Å². The van der Waals surface area contributed by atoms with E-state index in [0.717, 1.165) is 42.7 Å². The molecule has 2 aliphatic rings. The third kappa shape index (κ3) is 13.6. The summed E-state index contributed by atoms with van der Waals surface area (Å²) in [5.74, 6) is 3.95. The van der Waals surface area contributed by atoms with Gasteiger partial charge in [0.15, 0.2) is 0 Å². The lowest BCUT2D eigenvalue weighted by molar-refractivity contribution is 0.0674. The maximum atomic E-state index is 6.31. The number of nitrogens with one attached hydrogen (secondary N) is 2. The zero-order chi connectivity index (χ0) is 28.7. The molecule has 0 aromatic heterocycles. The predicted molar refractivity (Wildman–Crippen MR) is 181 cm³/mol. The monoisotopic (exact) mass is 583 g/mol. The van der Waals surface area contributed by atoms with E-state index in [9.17, 15) is 0 Å². The minimum Gasteiger partial charge on any atom is -0.328 e. The average Bonchev–Trinajstić information content (AvgIpc) is 3.07. The van der Waals surface area contributed by atoms with Crippen molar-refractivity contribution in [3.05, 3.63) is 0 Å². The van der Waals surface area contributed by atoms with Gasteiger partial charge in [0.05, 0.1) is 0 Å². The first-order chi connectivity index (χ1) is 18.7. The zero-order valence-electron chi connectivity index (χ0n) is 26.7. The maximum absolute atomic E-state index is 6.31. The van der Waals surface area contributed by atoms with E-state index >= 15 is 0 Å². The van der Waals surface area contributed by atoms with Gasteiger partial charge in [-0.3, -0.25) is 0 Å². The Balaban J connectivity index is 1.55. The van der Waals surface area contributed by atoms with Crippen LogP contribution in [0.4, 0.5) is 0 Å². The molecule has 4 N–H and O–H groups in total. The van der Waals surface area contributed by atoms with Crippen molar-refractivity contribution in [3.63, 3.8) is 0 Å². The van der Waals surface area contributed by atoms with Crippen molar-refractivity contribution in [3.8, 4) is 0 Å². The highest BCUT2D eigenvalue weighted by Gasteiger charge is 2.47. The van der Waals surface area contributed by atoms with Gasteiger partial charge in [-0.15, -0.1) is 0 Å². The molecule has 9 unspecified atom stereocenters. The topological polar surface area (TPSA) is 50.1 Å². The molecule has 2 rings (SSSR count). The van der Waals surface area contributed by atoms with E-state index in [0.29, 0.717) is 22.0 Å². The molecule has 232 valence electrons. The van der Waals surface area contributed by atoms with Gasteiger partial charge in [0.25, 0.3) is 0 Å². The van der Waals surface area contributed by atoms with Gasteiger partial charge in [-0.2, -0.15) is 25.3 Å². The van der Waals surface area contributed by atoms with Gasteiger partial charge in [-0.25, -0.2) is 0 Å². The lowest BCUT2D eigenvalue weighted by Crippen LogP contribution is -2.51. The van der Waals surface area contributed by atoms with Crippen LogP contribution in [0.25, 0.3) is 0 Å². The Morgan fingerprint density at radius 3 is 2.36 bits per heavy atom. The standard InChI is InChI=1S/C34H69N3S2/c1-6-8-9-10-13-31(35)14-11-12-19-36-25-30-22-34(5,33(30)39)18-17-29(7-2)27(4)23-37-24-28-16-15-26(3)20-32(38)21-28/h26-33,36-39H,6-25,35H2,1-5H3. The van der Waals surface area contributed by atoms with Crippen molar-refractivity contribution < 1.29 is 0 Å². The molecule has 2 fully saturated rings. The van der Waals surface area contributed by atoms with Crippen LogP contribution in [0.15, 0.2) is 0 Å². The summed E-state index contributed by atoms with van der Waals surface area (Å²) in [6, 6.07) is 0.410. The van der Waals surface area contributed by atoms with Crippen LogP contribution in [0.2, 0.25) is 0 Å². The van der Waals surface area contributed by atoms with Gasteiger partial charge in [-0.1, -0.05) is 79.6 Å². The van der Waals surface area contributed by atoms with Gasteiger partial charge in [0.1, 0.15) is 0 Å². The minimum absolute atomic E-state index is 0.410. The Bertz CT molecular complexity index is 619. The van der Waals surface area contributed by atoms with E-state index in [1.807, 2.05) is 0 Å². The van der Waals surface area contributed by atoms with Crippen molar-refractivity contribution in [2.75, 3.05) is 26.2 Å². The summed E-state index contributed by atoms with van der Waals surface area (Å²) in [6.45, 7) is 16.7. The molecule has 0 bridgehead atoms. The maximum Gasteiger partial charge on any atom is 0.0111 e. The molecule has 2 aliphatic carbocycles. The number of hydrogen-bond donors (Lipinski definition) is 5. The SMILES string of the molecule is CCCCCCC(N)CCCCNCC1CC(C)(CCC(CC)C(C)CNCC2CCC(C)CC(S)C2)C1S. The van der Waals surface area contributed by atoms with Gasteiger partial charge in [0, 0.05) is 16.5 Å². The Hall–Kier alpha value is 0.580. The molecular weight excluding hydrogens is 515 g/mol. The van der Waals surface area contributed by atoms with Crippen molar-refractivity contribution in [2.45, 2.75) is 154 Å². The second-order valence-corrected chi connectivity index (χ2v) is 15.7. The van der Waals surface area contributed by atoms with E-state index in [-0.39, 0.29) is 0 Å². The van der Waals surface area contributed by atoms with Crippen molar-refractivity contribution in [2.24, 2.45) is 40.7 Å². The molecule has 0 heterocycles. The average molecular weight is 584 g/mol. The van der Waals surface area contributed by atoms with Crippen molar-refractivity contribution in [1.29, 1.82) is 0 Å². The molecular formula is C34H69N3S2. The van der Waals surface area contributed by atoms with E-state index in [1.54, 1.807) is 0 Å². The second-order valence-electron chi connectivity index (χ2n) is 14.4. The summed E-state index contributed by atoms with van der Waals surface area (Å²) in [7, 11) is 0. The summed E-state index contributed by atoms with van der Waals surface area (Å²) in [6.07, 6.45) is 20.9. The fourth-order valence-corrected chi connectivity index (χ4v) is 8.67. The Kier molecular flexibility index (Phi) is 18.1. The molecule has 0 aromatic carbocycles. The number of thiol groups is 2. The summed E-state index contributed by atoms with van der Waals surface area (Å²) in [4.78, 5) is 0. The van der Waals surface area contributed by atoms with Crippen LogP contribution < -0.4 is 16.4 Å². The zero-order valence-corrected chi connectivity index (χ0v) is 28.5. The number of rotatable bonds is 21. The van der Waals surface area contributed by atoms with Crippen molar-refractivity contribution in [1.82, 2.24) is 10.6 Å². The van der Waals surface area contributed by atoms with Gasteiger partial charge >= 0.3 is 0 Å². The normalized spacial score (nSPS) is 31.8. The van der Waals surface area contributed by atoms with E-state index in [1.165, 1.54) is 116 Å². The minimum atomic E-state index is 0.410. The molecule has 39 heavy (non-hydrogen) atoms. The predicted octanol–water partition coefficient (Wildman–Crippen LogP) is 8.53. The van der Waals surface area contributed by atoms with Crippen molar-refractivity contribution >= 4 is 25.3 Å². The third-order valence-electron chi connectivity index (χ3n) is 10.6. The smallest absolute Gasteiger partial charge is 0.0111 e. The lowest BCUT2D eigenvalue weighted by atomic mass is 9.59. The van der Waals surface area contributed by atoms with Gasteiger partial charge in [0.2, 0.25) is 0 Å². The van der Waals surface area contributed by atoms with Crippen LogP contribution in [-0.4, -0.2) is 42.7 Å². The lowest BCUT2D eigenvalue weighted by Gasteiger charge is -2.52. The molecule has 3 nitrogen and oxygen atoms in total. The Labute approximate surface area is 256 Å². The molecule has 9 atom stereocenters.